The lowest BCUT2D eigenvalue weighted by atomic mass is 9.81. The fourth-order valence-corrected chi connectivity index (χ4v) is 3.94. The molecule has 2 amide bonds. The molecule has 6 nitrogen and oxygen atoms in total. The zero-order chi connectivity index (χ0) is 18.4. The third-order valence-electron chi connectivity index (χ3n) is 5.18. The molecule has 2 saturated heterocycles. The van der Waals surface area contributed by atoms with Crippen LogP contribution >= 0.6 is 0 Å². The van der Waals surface area contributed by atoms with Crippen molar-refractivity contribution in [3.05, 3.63) is 17.5 Å². The maximum absolute atomic E-state index is 13.0. The average molecular weight is 358 g/mol. The Bertz CT molecular complexity index is 700. The van der Waals surface area contributed by atoms with Crippen molar-refractivity contribution in [2.75, 3.05) is 6.54 Å². The molecule has 1 aromatic rings. The van der Waals surface area contributed by atoms with Crippen LogP contribution < -0.4 is 5.32 Å². The molecule has 2 aliphatic heterocycles. The Kier molecular flexibility index (Phi) is 4.28. The molecule has 0 saturated carbocycles. The first-order valence-electron chi connectivity index (χ1n) is 8.35. The van der Waals surface area contributed by atoms with Gasteiger partial charge in [0.25, 0.3) is 5.91 Å². The topological polar surface area (TPSA) is 67.2 Å². The van der Waals surface area contributed by atoms with Gasteiger partial charge in [-0.05, 0) is 32.6 Å². The van der Waals surface area contributed by atoms with Crippen LogP contribution in [0.5, 0.6) is 0 Å². The second-order valence-electron chi connectivity index (χ2n) is 7.01. The van der Waals surface area contributed by atoms with E-state index in [0.717, 1.165) is 25.3 Å². The molecule has 1 aromatic heterocycles. The quantitative estimate of drug-likeness (QED) is 0.836. The van der Waals surface area contributed by atoms with Crippen LogP contribution in [-0.2, 0) is 18.0 Å². The van der Waals surface area contributed by atoms with Gasteiger partial charge in [-0.3, -0.25) is 14.3 Å². The molecule has 25 heavy (non-hydrogen) atoms. The molecule has 2 fully saturated rings. The van der Waals surface area contributed by atoms with E-state index in [1.165, 1.54) is 7.05 Å². The second-order valence-corrected chi connectivity index (χ2v) is 7.01. The molecule has 3 rings (SSSR count). The van der Waals surface area contributed by atoms with Gasteiger partial charge < -0.3 is 10.2 Å². The van der Waals surface area contributed by atoms with E-state index >= 15 is 0 Å². The molecular weight excluding hydrogens is 337 g/mol. The van der Waals surface area contributed by atoms with Crippen LogP contribution in [0.4, 0.5) is 13.2 Å². The van der Waals surface area contributed by atoms with Crippen LogP contribution in [0.1, 0.15) is 55.2 Å². The number of aryl methyl sites for hydroxylation is 1. The fraction of sp³-hybridized carbons (Fsp3) is 0.688. The second kappa shape index (κ2) is 6.03. The number of rotatable bonds is 1. The average Bonchev–Trinajstić information content (AvgIpc) is 2.81. The van der Waals surface area contributed by atoms with Crippen molar-refractivity contribution in [3.8, 4) is 0 Å². The molecule has 0 aliphatic carbocycles. The van der Waals surface area contributed by atoms with E-state index in [2.05, 4.69) is 10.4 Å². The first kappa shape index (κ1) is 17.8. The summed E-state index contributed by atoms with van der Waals surface area (Å²) >= 11 is 0. The highest BCUT2D eigenvalue weighted by Crippen LogP contribution is 2.34. The number of carbonyl (C=O) groups is 2. The van der Waals surface area contributed by atoms with Gasteiger partial charge in [0, 0.05) is 26.1 Å². The Labute approximate surface area is 143 Å². The van der Waals surface area contributed by atoms with Crippen LogP contribution in [0, 0.1) is 0 Å². The van der Waals surface area contributed by atoms with Gasteiger partial charge in [0.15, 0.2) is 5.69 Å². The third kappa shape index (κ3) is 3.23. The van der Waals surface area contributed by atoms with Gasteiger partial charge in [-0.2, -0.15) is 18.3 Å². The number of hydrogen-bond donors (Lipinski definition) is 1. The lowest BCUT2D eigenvalue weighted by molar-refractivity contribution is -0.143. The van der Waals surface area contributed by atoms with Crippen molar-refractivity contribution >= 4 is 11.8 Å². The van der Waals surface area contributed by atoms with Crippen molar-refractivity contribution in [1.29, 1.82) is 0 Å². The normalized spacial score (nSPS) is 27.5. The maximum atomic E-state index is 13.0. The molecule has 0 bridgehead atoms. The van der Waals surface area contributed by atoms with E-state index in [-0.39, 0.29) is 17.6 Å². The lowest BCUT2D eigenvalue weighted by Crippen LogP contribution is -2.63. The standard InChI is InChI=1S/C16H21F3N4O2/c1-15-7-3-4-8-23(11(15)5-6-13(24)20-15)14(25)10-9-12(16(17,18)19)22(2)21-10/h9,11H,3-8H2,1-2H3,(H,20,24)/t11-,15-/m0/s1. The van der Waals surface area contributed by atoms with Crippen molar-refractivity contribution in [2.24, 2.45) is 7.05 Å². The van der Waals surface area contributed by atoms with E-state index in [1.54, 1.807) is 4.90 Å². The molecule has 2 aliphatic rings. The molecule has 1 N–H and O–H groups in total. The van der Waals surface area contributed by atoms with E-state index in [1.807, 2.05) is 6.92 Å². The molecule has 0 aromatic carbocycles. The number of carbonyl (C=O) groups excluding carboxylic acids is 2. The Morgan fingerprint density at radius 3 is 2.76 bits per heavy atom. The minimum Gasteiger partial charge on any atom is -0.349 e. The van der Waals surface area contributed by atoms with Crippen LogP contribution in [0.15, 0.2) is 6.07 Å². The summed E-state index contributed by atoms with van der Waals surface area (Å²) in [5, 5.41) is 6.75. The number of nitrogens with zero attached hydrogens (tertiary/aromatic N) is 3. The number of amides is 2. The smallest absolute Gasteiger partial charge is 0.349 e. The predicted octanol–water partition coefficient (Wildman–Crippen LogP) is 2.10. The summed E-state index contributed by atoms with van der Waals surface area (Å²) in [4.78, 5) is 26.3. The number of piperidine rings is 1. The first-order chi connectivity index (χ1) is 11.6. The van der Waals surface area contributed by atoms with Crippen LogP contribution in [-0.4, -0.2) is 44.6 Å². The van der Waals surface area contributed by atoms with Crippen molar-refractivity contribution in [3.63, 3.8) is 0 Å². The summed E-state index contributed by atoms with van der Waals surface area (Å²) in [6.45, 7) is 2.35. The zero-order valence-electron chi connectivity index (χ0n) is 14.2. The monoisotopic (exact) mass is 358 g/mol. The number of nitrogens with one attached hydrogen (secondary N) is 1. The minimum atomic E-state index is -4.56. The highest BCUT2D eigenvalue weighted by atomic mass is 19.4. The van der Waals surface area contributed by atoms with Gasteiger partial charge in [-0.25, -0.2) is 0 Å². The number of hydrogen-bond acceptors (Lipinski definition) is 3. The molecule has 138 valence electrons. The van der Waals surface area contributed by atoms with E-state index < -0.39 is 23.3 Å². The van der Waals surface area contributed by atoms with Gasteiger partial charge in [-0.15, -0.1) is 0 Å². The van der Waals surface area contributed by atoms with Gasteiger partial charge >= 0.3 is 6.18 Å². The summed E-state index contributed by atoms with van der Waals surface area (Å²) in [5.41, 5.74) is -1.72. The largest absolute Gasteiger partial charge is 0.433 e. The first-order valence-corrected chi connectivity index (χ1v) is 8.35. The van der Waals surface area contributed by atoms with Gasteiger partial charge in [0.1, 0.15) is 5.69 Å². The van der Waals surface area contributed by atoms with Crippen LogP contribution in [0.25, 0.3) is 0 Å². The predicted molar refractivity (Wildman–Crippen MR) is 82.7 cm³/mol. The van der Waals surface area contributed by atoms with Crippen LogP contribution in [0.3, 0.4) is 0 Å². The lowest BCUT2D eigenvalue weighted by Gasteiger charge is -2.45. The van der Waals surface area contributed by atoms with Gasteiger partial charge in [-0.1, -0.05) is 0 Å². The van der Waals surface area contributed by atoms with Crippen molar-refractivity contribution in [2.45, 2.75) is 56.8 Å². The number of fused-ring (bicyclic) bond motifs is 1. The SMILES string of the molecule is Cn1nc(C(=O)N2CCCC[C@]3(C)NC(=O)CC[C@H]23)cc1C(F)(F)F. The number of likely N-dealkylation sites (tertiary alicyclic amines) is 1. The number of halogens is 3. The van der Waals surface area contributed by atoms with E-state index in [4.69, 9.17) is 0 Å². The van der Waals surface area contributed by atoms with Gasteiger partial charge in [0.2, 0.25) is 5.91 Å². The molecule has 3 heterocycles. The molecule has 0 radical (unpaired) electrons. The third-order valence-corrected chi connectivity index (χ3v) is 5.18. The Hall–Kier alpha value is -2.06. The van der Waals surface area contributed by atoms with Crippen molar-refractivity contribution in [1.82, 2.24) is 20.0 Å². The molecular formula is C16H21F3N4O2. The Balaban J connectivity index is 1.92. The minimum absolute atomic E-state index is 0.0507. The summed E-state index contributed by atoms with van der Waals surface area (Å²) in [6.07, 6.45) is -1.43. The summed E-state index contributed by atoms with van der Waals surface area (Å²) in [7, 11) is 1.17. The molecule has 2 atom stereocenters. The van der Waals surface area contributed by atoms with Crippen LogP contribution in [0.2, 0.25) is 0 Å². The summed E-state index contributed by atoms with van der Waals surface area (Å²) in [6, 6.07) is 0.558. The Morgan fingerprint density at radius 1 is 1.40 bits per heavy atom. The van der Waals surface area contributed by atoms with E-state index in [0.29, 0.717) is 24.1 Å². The fourth-order valence-electron chi connectivity index (χ4n) is 3.94. The maximum Gasteiger partial charge on any atom is 0.433 e. The number of aromatic nitrogens is 2. The summed E-state index contributed by atoms with van der Waals surface area (Å²) in [5.74, 6) is -0.564. The molecule has 9 heteroatoms. The number of alkyl halides is 3. The zero-order valence-corrected chi connectivity index (χ0v) is 14.2. The summed E-state index contributed by atoms with van der Waals surface area (Å²) < 4.78 is 39.6. The highest BCUT2D eigenvalue weighted by Gasteiger charge is 2.46. The highest BCUT2D eigenvalue weighted by molar-refractivity contribution is 5.93. The Morgan fingerprint density at radius 2 is 2.12 bits per heavy atom. The molecule has 0 spiro atoms. The van der Waals surface area contributed by atoms with E-state index in [9.17, 15) is 22.8 Å². The van der Waals surface area contributed by atoms with Crippen molar-refractivity contribution < 1.29 is 22.8 Å². The van der Waals surface area contributed by atoms with Gasteiger partial charge in [0.05, 0.1) is 11.6 Å². The molecule has 0 unspecified atom stereocenters.